The lowest BCUT2D eigenvalue weighted by Crippen LogP contribution is -2.39. The molecule has 0 aliphatic carbocycles. The van der Waals surface area contributed by atoms with Gasteiger partial charge in [-0.25, -0.2) is 13.4 Å². The predicted octanol–water partition coefficient (Wildman–Crippen LogP) is 4.58. The number of oxazole rings is 1. The minimum atomic E-state index is -3.62. The van der Waals surface area contributed by atoms with Gasteiger partial charge < -0.3 is 14.1 Å². The maximum Gasteiger partial charge on any atom is 0.226 e. The first-order chi connectivity index (χ1) is 15.8. The van der Waals surface area contributed by atoms with Gasteiger partial charge in [-0.15, -0.1) is 0 Å². The van der Waals surface area contributed by atoms with Crippen molar-refractivity contribution in [2.24, 2.45) is 0 Å². The number of aromatic nitrogens is 1. The van der Waals surface area contributed by atoms with Crippen molar-refractivity contribution in [2.75, 3.05) is 26.0 Å². The number of Topliss-reactive ketones (excluding diaryl/α,β-unsaturated/α-hetero) is 1. The van der Waals surface area contributed by atoms with Gasteiger partial charge in [0.1, 0.15) is 23.0 Å². The molecule has 7 nitrogen and oxygen atoms in total. The van der Waals surface area contributed by atoms with Crippen molar-refractivity contribution in [2.45, 2.75) is 70.6 Å². The van der Waals surface area contributed by atoms with Crippen molar-refractivity contribution in [3.63, 3.8) is 0 Å². The maximum absolute atomic E-state index is 12.6. The van der Waals surface area contributed by atoms with Gasteiger partial charge >= 0.3 is 0 Å². The Morgan fingerprint density at radius 1 is 1.27 bits per heavy atom. The van der Waals surface area contributed by atoms with Crippen LogP contribution in [-0.2, 0) is 20.4 Å². The Labute approximate surface area is 197 Å². The largest absolute Gasteiger partial charge is 0.497 e. The molecule has 0 saturated carbocycles. The van der Waals surface area contributed by atoms with Crippen LogP contribution in [0.3, 0.4) is 0 Å². The molecular weight excluding hydrogens is 440 g/mol. The highest BCUT2D eigenvalue weighted by Gasteiger charge is 2.23. The standard InChI is InChI=1S/C25H36N2O5S/c1-4-21-11-5-7-14-27(21)15-8-6-12-22(28)17-33(29,30)18-24-19(2)32-25(26-24)20-10-9-13-23(16-20)31-3/h9-10,13,16,21H,4-8,11-12,14-15,17-18H2,1-3H3. The first-order valence-corrected chi connectivity index (χ1v) is 13.7. The lowest BCUT2D eigenvalue weighted by Gasteiger charge is -2.35. The van der Waals surface area contributed by atoms with E-state index in [1.54, 1.807) is 20.1 Å². The van der Waals surface area contributed by atoms with Crippen LogP contribution in [0.4, 0.5) is 0 Å². The van der Waals surface area contributed by atoms with E-state index in [9.17, 15) is 13.2 Å². The first kappa shape index (κ1) is 25.4. The summed E-state index contributed by atoms with van der Waals surface area (Å²) in [6.45, 7) is 6.04. The number of hydrogen-bond acceptors (Lipinski definition) is 7. The van der Waals surface area contributed by atoms with Gasteiger partial charge in [-0.1, -0.05) is 19.4 Å². The van der Waals surface area contributed by atoms with E-state index < -0.39 is 15.6 Å². The highest BCUT2D eigenvalue weighted by atomic mass is 32.2. The van der Waals surface area contributed by atoms with Gasteiger partial charge in [0.25, 0.3) is 0 Å². The average molecular weight is 477 g/mol. The van der Waals surface area contributed by atoms with Gasteiger partial charge in [0.2, 0.25) is 5.89 Å². The minimum absolute atomic E-state index is 0.227. The SMILES string of the molecule is CCC1CCCCN1CCCCC(=O)CS(=O)(=O)Cc1nc(-c2cccc(OC)c2)oc1C. The molecule has 1 unspecified atom stereocenters. The first-order valence-electron chi connectivity index (χ1n) is 11.9. The fourth-order valence-electron chi connectivity index (χ4n) is 4.47. The molecule has 0 amide bonds. The Hall–Kier alpha value is -2.19. The number of methoxy groups -OCH3 is 1. The number of benzene rings is 1. The minimum Gasteiger partial charge on any atom is -0.497 e. The van der Waals surface area contributed by atoms with Crippen LogP contribution in [0.5, 0.6) is 5.75 Å². The number of carbonyl (C=O) groups is 1. The highest BCUT2D eigenvalue weighted by molar-refractivity contribution is 7.91. The molecule has 1 saturated heterocycles. The molecule has 0 bridgehead atoms. The molecule has 2 aromatic rings. The third kappa shape index (κ3) is 7.40. The average Bonchev–Trinajstić information content (AvgIpc) is 3.16. The second-order valence-electron chi connectivity index (χ2n) is 8.88. The molecule has 0 radical (unpaired) electrons. The van der Waals surface area contributed by atoms with Gasteiger partial charge in [-0.05, 0) is 70.3 Å². The van der Waals surface area contributed by atoms with Crippen LogP contribution in [0.2, 0.25) is 0 Å². The summed E-state index contributed by atoms with van der Waals surface area (Å²) >= 11 is 0. The lowest BCUT2D eigenvalue weighted by atomic mass is 9.99. The fraction of sp³-hybridized carbons (Fsp3) is 0.600. The van der Waals surface area contributed by atoms with Crippen LogP contribution >= 0.6 is 0 Å². The molecule has 1 aliphatic heterocycles. The molecule has 1 aliphatic rings. The van der Waals surface area contributed by atoms with E-state index in [1.807, 2.05) is 18.2 Å². The summed E-state index contributed by atoms with van der Waals surface area (Å²) < 4.78 is 36.2. The van der Waals surface area contributed by atoms with Gasteiger partial charge in [0.15, 0.2) is 9.84 Å². The summed E-state index contributed by atoms with van der Waals surface area (Å²) in [6, 6.07) is 7.88. The summed E-state index contributed by atoms with van der Waals surface area (Å²) in [7, 11) is -2.04. The Kier molecular flexibility index (Phi) is 9.09. The van der Waals surface area contributed by atoms with Crippen molar-refractivity contribution in [1.82, 2.24) is 9.88 Å². The number of sulfone groups is 1. The van der Waals surface area contributed by atoms with E-state index in [-0.39, 0.29) is 11.5 Å². The Morgan fingerprint density at radius 3 is 2.85 bits per heavy atom. The molecule has 182 valence electrons. The Bertz CT molecular complexity index is 1030. The number of piperidine rings is 1. The molecule has 33 heavy (non-hydrogen) atoms. The molecule has 0 spiro atoms. The summed E-state index contributed by atoms with van der Waals surface area (Å²) in [6.07, 6.45) is 6.93. The zero-order valence-corrected chi connectivity index (χ0v) is 20.8. The van der Waals surface area contributed by atoms with Crippen LogP contribution in [-0.4, -0.2) is 56.1 Å². The molecule has 8 heteroatoms. The number of likely N-dealkylation sites (tertiary alicyclic amines) is 1. The second kappa shape index (κ2) is 11.8. The van der Waals surface area contributed by atoms with Crippen LogP contribution < -0.4 is 4.74 Å². The number of ketones is 1. The Balaban J connectivity index is 1.49. The fourth-order valence-corrected chi connectivity index (χ4v) is 5.89. The van der Waals surface area contributed by atoms with Gasteiger partial charge in [0.05, 0.1) is 18.6 Å². The third-order valence-electron chi connectivity index (χ3n) is 6.32. The van der Waals surface area contributed by atoms with E-state index in [2.05, 4.69) is 16.8 Å². The topological polar surface area (TPSA) is 89.7 Å². The molecule has 1 aromatic heterocycles. The normalized spacial score (nSPS) is 17.2. The second-order valence-corrected chi connectivity index (χ2v) is 10.9. The zero-order chi connectivity index (χ0) is 23.8. The van der Waals surface area contributed by atoms with Crippen molar-refractivity contribution < 1.29 is 22.4 Å². The van der Waals surface area contributed by atoms with E-state index in [0.29, 0.717) is 41.1 Å². The zero-order valence-electron chi connectivity index (χ0n) is 20.0. The predicted molar refractivity (Wildman–Crippen MR) is 129 cm³/mol. The number of rotatable bonds is 12. The molecular formula is C25H36N2O5S. The molecule has 1 atom stereocenters. The molecule has 1 aromatic carbocycles. The van der Waals surface area contributed by atoms with Crippen LogP contribution in [0.1, 0.15) is 63.3 Å². The molecule has 2 heterocycles. The summed E-state index contributed by atoms with van der Waals surface area (Å²) in [5.41, 5.74) is 1.05. The summed E-state index contributed by atoms with van der Waals surface area (Å²) in [4.78, 5) is 19.2. The van der Waals surface area contributed by atoms with E-state index >= 15 is 0 Å². The Morgan fingerprint density at radius 2 is 2.09 bits per heavy atom. The number of aryl methyl sites for hydroxylation is 1. The van der Waals surface area contributed by atoms with Crippen molar-refractivity contribution in [1.29, 1.82) is 0 Å². The van der Waals surface area contributed by atoms with Gasteiger partial charge in [0, 0.05) is 18.0 Å². The van der Waals surface area contributed by atoms with Gasteiger partial charge in [-0.2, -0.15) is 0 Å². The van der Waals surface area contributed by atoms with Crippen LogP contribution in [0.15, 0.2) is 28.7 Å². The molecule has 0 N–H and O–H groups in total. The van der Waals surface area contributed by atoms with Crippen molar-refractivity contribution >= 4 is 15.6 Å². The number of nitrogens with zero attached hydrogens (tertiary/aromatic N) is 2. The quantitative estimate of drug-likeness (QED) is 0.414. The smallest absolute Gasteiger partial charge is 0.226 e. The van der Waals surface area contributed by atoms with Crippen molar-refractivity contribution in [3.8, 4) is 17.2 Å². The molecule has 3 rings (SSSR count). The summed E-state index contributed by atoms with van der Waals surface area (Å²) in [5.74, 6) is 0.462. The molecule has 1 fully saturated rings. The van der Waals surface area contributed by atoms with E-state index in [0.717, 1.165) is 32.4 Å². The monoisotopic (exact) mass is 476 g/mol. The van der Waals surface area contributed by atoms with E-state index in [4.69, 9.17) is 9.15 Å². The van der Waals surface area contributed by atoms with E-state index in [1.165, 1.54) is 19.3 Å². The van der Waals surface area contributed by atoms with Crippen LogP contribution in [0, 0.1) is 6.92 Å². The number of carbonyl (C=O) groups excluding carboxylic acids is 1. The lowest BCUT2D eigenvalue weighted by molar-refractivity contribution is -0.116. The number of ether oxygens (including phenoxy) is 1. The summed E-state index contributed by atoms with van der Waals surface area (Å²) in [5, 5.41) is 0. The van der Waals surface area contributed by atoms with Gasteiger partial charge in [-0.3, -0.25) is 4.79 Å². The highest BCUT2D eigenvalue weighted by Crippen LogP contribution is 2.26. The maximum atomic E-state index is 12.6. The van der Waals surface area contributed by atoms with Crippen molar-refractivity contribution in [3.05, 3.63) is 35.7 Å². The van der Waals surface area contributed by atoms with Crippen LogP contribution in [0.25, 0.3) is 11.5 Å². The third-order valence-corrected chi connectivity index (χ3v) is 7.79. The number of unbranched alkanes of at least 4 members (excludes halogenated alkanes) is 1. The number of hydrogen-bond donors (Lipinski definition) is 0.